The fourth-order valence-corrected chi connectivity index (χ4v) is 2.98. The summed E-state index contributed by atoms with van der Waals surface area (Å²) in [6.07, 6.45) is 1.02. The summed E-state index contributed by atoms with van der Waals surface area (Å²) >= 11 is 1.56. The molecule has 4 heteroatoms. The smallest absolute Gasteiger partial charge is 0.233 e. The van der Waals surface area contributed by atoms with E-state index in [0.29, 0.717) is 13.2 Å². The summed E-state index contributed by atoms with van der Waals surface area (Å²) in [4.78, 5) is 13.2. The number of amides is 1. The van der Waals surface area contributed by atoms with Gasteiger partial charge in [-0.05, 0) is 43.2 Å². The topological polar surface area (TPSA) is 38.3 Å². The molecule has 23 heavy (non-hydrogen) atoms. The van der Waals surface area contributed by atoms with Crippen LogP contribution in [0, 0.1) is 0 Å². The fourth-order valence-electron chi connectivity index (χ4n) is 2.06. The first-order valence-corrected chi connectivity index (χ1v) is 8.78. The first kappa shape index (κ1) is 17.4. The first-order valence-electron chi connectivity index (χ1n) is 7.90. The van der Waals surface area contributed by atoms with Gasteiger partial charge in [-0.15, -0.1) is 11.8 Å². The van der Waals surface area contributed by atoms with Crippen molar-refractivity contribution in [2.75, 3.05) is 13.2 Å². The number of nitrogens with one attached hydrogen (secondary N) is 1. The van der Waals surface area contributed by atoms with Gasteiger partial charge in [-0.25, -0.2) is 0 Å². The molecule has 0 aromatic heterocycles. The van der Waals surface area contributed by atoms with Gasteiger partial charge in [0.05, 0.1) is 11.8 Å². The minimum Gasteiger partial charge on any atom is -0.492 e. The van der Waals surface area contributed by atoms with Gasteiger partial charge in [0.1, 0.15) is 12.4 Å². The number of carbonyl (C=O) groups excluding carboxylic acids is 1. The quantitative estimate of drug-likeness (QED) is 0.589. The number of hydrogen-bond donors (Lipinski definition) is 1. The molecule has 0 spiro atoms. The summed E-state index contributed by atoms with van der Waals surface area (Å²) in [7, 11) is 0. The average molecular weight is 329 g/mol. The summed E-state index contributed by atoms with van der Waals surface area (Å²) in [5.74, 6) is 0.868. The van der Waals surface area contributed by atoms with Gasteiger partial charge < -0.3 is 10.1 Å². The van der Waals surface area contributed by atoms with Crippen LogP contribution in [0.5, 0.6) is 5.75 Å². The molecule has 0 saturated heterocycles. The van der Waals surface area contributed by atoms with E-state index in [-0.39, 0.29) is 11.2 Å². The van der Waals surface area contributed by atoms with Crippen molar-refractivity contribution in [2.45, 2.75) is 30.4 Å². The molecular formula is C19H23NO2S. The van der Waals surface area contributed by atoms with Gasteiger partial charge in [-0.2, -0.15) is 0 Å². The molecule has 0 aliphatic rings. The molecule has 2 rings (SSSR count). The average Bonchev–Trinajstić information content (AvgIpc) is 2.60. The molecule has 1 atom stereocenters. The number of hydrogen-bond acceptors (Lipinski definition) is 3. The SMILES string of the molecule is CCc1ccc(OCCNC(=O)[C@@H](C)Sc2ccccc2)cc1. The zero-order chi connectivity index (χ0) is 16.5. The number of thioether (sulfide) groups is 1. The summed E-state index contributed by atoms with van der Waals surface area (Å²) in [6, 6.07) is 18.0. The molecule has 0 aliphatic carbocycles. The second-order valence-corrected chi connectivity index (χ2v) is 6.62. The second kappa shape index (κ2) is 9.26. The molecule has 3 nitrogen and oxygen atoms in total. The van der Waals surface area contributed by atoms with Crippen LogP contribution in [-0.4, -0.2) is 24.3 Å². The van der Waals surface area contributed by atoms with Crippen molar-refractivity contribution >= 4 is 17.7 Å². The van der Waals surface area contributed by atoms with E-state index in [1.54, 1.807) is 11.8 Å². The Morgan fingerprint density at radius 3 is 2.48 bits per heavy atom. The third-order valence-corrected chi connectivity index (χ3v) is 4.54. The van der Waals surface area contributed by atoms with Crippen molar-refractivity contribution in [2.24, 2.45) is 0 Å². The zero-order valence-corrected chi connectivity index (χ0v) is 14.4. The van der Waals surface area contributed by atoms with Crippen LogP contribution in [-0.2, 0) is 11.2 Å². The number of ether oxygens (including phenoxy) is 1. The molecule has 1 amide bonds. The summed E-state index contributed by atoms with van der Waals surface area (Å²) in [5.41, 5.74) is 1.29. The molecule has 122 valence electrons. The Bertz CT molecular complexity index is 599. The van der Waals surface area contributed by atoms with Gasteiger partial charge in [0, 0.05) is 4.90 Å². The van der Waals surface area contributed by atoms with Gasteiger partial charge in [0.2, 0.25) is 5.91 Å². The molecule has 0 aliphatic heterocycles. The first-order chi connectivity index (χ1) is 11.2. The Hall–Kier alpha value is -1.94. The van der Waals surface area contributed by atoms with Gasteiger partial charge in [-0.3, -0.25) is 4.79 Å². The highest BCUT2D eigenvalue weighted by Gasteiger charge is 2.13. The molecule has 2 aromatic rings. The van der Waals surface area contributed by atoms with Gasteiger partial charge in [-0.1, -0.05) is 37.3 Å². The van der Waals surface area contributed by atoms with Crippen LogP contribution in [0.2, 0.25) is 0 Å². The lowest BCUT2D eigenvalue weighted by Crippen LogP contribution is -2.33. The zero-order valence-electron chi connectivity index (χ0n) is 13.6. The number of rotatable bonds is 8. The highest BCUT2D eigenvalue weighted by atomic mass is 32.2. The van der Waals surface area contributed by atoms with E-state index in [1.165, 1.54) is 5.56 Å². The number of carbonyl (C=O) groups is 1. The lowest BCUT2D eigenvalue weighted by molar-refractivity contribution is -0.120. The van der Waals surface area contributed by atoms with Gasteiger partial charge in [0.25, 0.3) is 0 Å². The molecular weight excluding hydrogens is 306 g/mol. The largest absolute Gasteiger partial charge is 0.492 e. The van der Waals surface area contributed by atoms with Crippen molar-refractivity contribution in [1.82, 2.24) is 5.32 Å². The van der Waals surface area contributed by atoms with Crippen LogP contribution in [0.15, 0.2) is 59.5 Å². The van der Waals surface area contributed by atoms with E-state index in [9.17, 15) is 4.79 Å². The van der Waals surface area contributed by atoms with Crippen LogP contribution in [0.25, 0.3) is 0 Å². The highest BCUT2D eigenvalue weighted by Crippen LogP contribution is 2.22. The van der Waals surface area contributed by atoms with Gasteiger partial charge >= 0.3 is 0 Å². The monoisotopic (exact) mass is 329 g/mol. The van der Waals surface area contributed by atoms with Gasteiger partial charge in [0.15, 0.2) is 0 Å². The lowest BCUT2D eigenvalue weighted by Gasteiger charge is -2.12. The summed E-state index contributed by atoms with van der Waals surface area (Å²) < 4.78 is 5.63. The molecule has 0 bridgehead atoms. The second-order valence-electron chi connectivity index (χ2n) is 5.21. The Balaban J connectivity index is 1.67. The molecule has 0 heterocycles. The maximum Gasteiger partial charge on any atom is 0.233 e. The fraction of sp³-hybridized carbons (Fsp3) is 0.316. The Kier molecular flexibility index (Phi) is 7.01. The van der Waals surface area contributed by atoms with Crippen molar-refractivity contribution in [3.05, 3.63) is 60.2 Å². The Morgan fingerprint density at radius 1 is 1.13 bits per heavy atom. The molecule has 2 aromatic carbocycles. The van der Waals surface area contributed by atoms with E-state index in [4.69, 9.17) is 4.74 Å². The predicted molar refractivity (Wildman–Crippen MR) is 96.1 cm³/mol. The van der Waals surface area contributed by atoms with Crippen LogP contribution >= 0.6 is 11.8 Å². The van der Waals surface area contributed by atoms with Crippen molar-refractivity contribution < 1.29 is 9.53 Å². The molecule has 0 saturated carbocycles. The van der Waals surface area contributed by atoms with Crippen molar-refractivity contribution in [3.8, 4) is 5.75 Å². The predicted octanol–water partition coefficient (Wildman–Crippen LogP) is 3.92. The van der Waals surface area contributed by atoms with Crippen LogP contribution in [0.4, 0.5) is 0 Å². The molecule has 1 N–H and O–H groups in total. The molecule has 0 fully saturated rings. The third-order valence-electron chi connectivity index (χ3n) is 3.43. The van der Waals surface area contributed by atoms with E-state index < -0.39 is 0 Å². The Labute approximate surface area is 142 Å². The standard InChI is InChI=1S/C19H23NO2S/c1-3-16-9-11-17(12-10-16)22-14-13-20-19(21)15(2)23-18-7-5-4-6-8-18/h4-12,15H,3,13-14H2,1-2H3,(H,20,21)/t15-/m1/s1. The normalized spacial score (nSPS) is 11.7. The van der Waals surface area contributed by atoms with Crippen molar-refractivity contribution in [3.63, 3.8) is 0 Å². The minimum absolute atomic E-state index is 0.0313. The highest BCUT2D eigenvalue weighted by molar-refractivity contribution is 8.00. The van der Waals surface area contributed by atoms with Crippen LogP contribution in [0.1, 0.15) is 19.4 Å². The van der Waals surface area contributed by atoms with E-state index >= 15 is 0 Å². The van der Waals surface area contributed by atoms with Crippen LogP contribution < -0.4 is 10.1 Å². The maximum atomic E-state index is 12.1. The maximum absolute atomic E-state index is 12.1. The van der Waals surface area contributed by atoms with E-state index in [2.05, 4.69) is 24.4 Å². The number of aryl methyl sites for hydroxylation is 1. The van der Waals surface area contributed by atoms with Crippen LogP contribution in [0.3, 0.4) is 0 Å². The summed E-state index contributed by atoms with van der Waals surface area (Å²) in [5, 5.41) is 2.79. The third kappa shape index (κ3) is 5.99. The van der Waals surface area contributed by atoms with E-state index in [1.807, 2.05) is 49.4 Å². The number of benzene rings is 2. The Morgan fingerprint density at radius 2 is 1.83 bits per heavy atom. The molecule has 0 unspecified atom stereocenters. The minimum atomic E-state index is -0.124. The van der Waals surface area contributed by atoms with E-state index in [0.717, 1.165) is 17.1 Å². The van der Waals surface area contributed by atoms with Crippen molar-refractivity contribution in [1.29, 1.82) is 0 Å². The summed E-state index contributed by atoms with van der Waals surface area (Å²) in [6.45, 7) is 5.02. The lowest BCUT2D eigenvalue weighted by atomic mass is 10.2. The molecule has 0 radical (unpaired) electrons.